The van der Waals surface area contributed by atoms with Crippen molar-refractivity contribution in [2.75, 3.05) is 6.54 Å². The molecule has 0 saturated carbocycles. The van der Waals surface area contributed by atoms with E-state index in [-0.39, 0.29) is 11.7 Å². The number of hydrogen-bond acceptors (Lipinski definition) is 3. The van der Waals surface area contributed by atoms with Crippen LogP contribution in [0.2, 0.25) is 19.6 Å². The van der Waals surface area contributed by atoms with E-state index in [0.29, 0.717) is 6.04 Å². The molecule has 24 heavy (non-hydrogen) atoms. The van der Waals surface area contributed by atoms with E-state index in [1.807, 2.05) is 0 Å². The molecule has 2 N–H and O–H groups in total. The molecule has 4 heteroatoms. The zero-order valence-electron chi connectivity index (χ0n) is 17.0. The molecule has 0 spiro atoms. The van der Waals surface area contributed by atoms with Crippen LogP contribution in [0.4, 0.5) is 0 Å². The minimum Gasteiger partial charge on any atom is -0.411 e. The van der Waals surface area contributed by atoms with Gasteiger partial charge in [-0.05, 0) is 38.9 Å². The van der Waals surface area contributed by atoms with Crippen molar-refractivity contribution < 1.29 is 9.53 Å². The monoisotopic (exact) mass is 357 g/mol. The molecule has 3 nitrogen and oxygen atoms in total. The van der Waals surface area contributed by atoms with Crippen LogP contribution in [0.1, 0.15) is 84.5 Å². The van der Waals surface area contributed by atoms with E-state index in [1.54, 1.807) is 0 Å². The minimum atomic E-state index is -1.64. The van der Waals surface area contributed by atoms with Crippen molar-refractivity contribution in [3.63, 3.8) is 0 Å². The number of rotatable bonds is 13. The number of aliphatic hydroxyl groups excluding tert-OH is 1. The van der Waals surface area contributed by atoms with Crippen LogP contribution in [0.3, 0.4) is 0 Å². The largest absolute Gasteiger partial charge is 0.411 e. The van der Waals surface area contributed by atoms with Crippen LogP contribution >= 0.6 is 0 Å². The molecule has 1 aliphatic heterocycles. The maximum absolute atomic E-state index is 10.1. The molecule has 2 atom stereocenters. The second-order valence-electron chi connectivity index (χ2n) is 8.75. The molecule has 0 aliphatic carbocycles. The van der Waals surface area contributed by atoms with Gasteiger partial charge in [-0.3, -0.25) is 0 Å². The number of β-amino-alcohol motifs (C(OH)–C–C–N with tert-alkyl or cyclic N) is 1. The molecule has 1 heterocycles. The Morgan fingerprint density at radius 2 is 1.50 bits per heavy atom. The van der Waals surface area contributed by atoms with E-state index in [1.165, 1.54) is 51.4 Å². The highest BCUT2D eigenvalue weighted by molar-refractivity contribution is 6.69. The van der Waals surface area contributed by atoms with E-state index in [2.05, 4.69) is 38.8 Å². The lowest BCUT2D eigenvalue weighted by Gasteiger charge is -2.44. The van der Waals surface area contributed by atoms with Gasteiger partial charge < -0.3 is 14.8 Å². The van der Waals surface area contributed by atoms with Crippen molar-refractivity contribution >= 4 is 8.32 Å². The van der Waals surface area contributed by atoms with Gasteiger partial charge in [0.25, 0.3) is 0 Å². The molecule has 1 aliphatic rings. The van der Waals surface area contributed by atoms with Crippen molar-refractivity contribution in [3.8, 4) is 0 Å². The average molecular weight is 358 g/mol. The summed E-state index contributed by atoms with van der Waals surface area (Å²) >= 11 is 0. The molecule has 1 saturated heterocycles. The van der Waals surface area contributed by atoms with Gasteiger partial charge in [0.05, 0.1) is 11.7 Å². The summed E-state index contributed by atoms with van der Waals surface area (Å²) < 4.78 is 6.88. The first-order valence-electron chi connectivity index (χ1n) is 10.4. The summed E-state index contributed by atoms with van der Waals surface area (Å²) in [4.78, 5) is 0. The molecule has 1 fully saturated rings. The third-order valence-electron chi connectivity index (χ3n) is 5.16. The smallest absolute Gasteiger partial charge is 0.184 e. The molecule has 0 aromatic carbocycles. The molecular formula is C20H43NO2Si. The predicted molar refractivity (Wildman–Crippen MR) is 107 cm³/mol. The molecule has 144 valence electrons. The highest BCUT2D eigenvalue weighted by atomic mass is 28.4. The Morgan fingerprint density at radius 1 is 0.958 bits per heavy atom. The van der Waals surface area contributed by atoms with E-state index in [9.17, 15) is 5.11 Å². The average Bonchev–Trinajstić information content (AvgIpc) is 2.93. The summed E-state index contributed by atoms with van der Waals surface area (Å²) in [5, 5.41) is 13.7. The Bertz CT molecular complexity index is 318. The molecule has 0 aromatic heterocycles. The normalized spacial score (nSPS) is 22.2. The van der Waals surface area contributed by atoms with E-state index >= 15 is 0 Å². The van der Waals surface area contributed by atoms with Gasteiger partial charge in [-0.25, -0.2) is 0 Å². The van der Waals surface area contributed by atoms with E-state index < -0.39 is 8.32 Å². The maximum Gasteiger partial charge on any atom is 0.184 e. The molecule has 0 amide bonds. The van der Waals surface area contributed by atoms with Gasteiger partial charge in [0, 0.05) is 12.6 Å². The van der Waals surface area contributed by atoms with Crippen LogP contribution in [0.15, 0.2) is 0 Å². The molecular weight excluding hydrogens is 314 g/mol. The molecule has 1 rings (SSSR count). The molecule has 0 unspecified atom stereocenters. The summed E-state index contributed by atoms with van der Waals surface area (Å²) in [6.45, 7) is 12.2. The fraction of sp³-hybridized carbons (Fsp3) is 1.00. The van der Waals surface area contributed by atoms with Gasteiger partial charge in [0.2, 0.25) is 0 Å². The Kier molecular flexibility index (Phi) is 10.1. The standard InChI is InChI=1S/C20H43NO2Si/c1-6-8-10-12-14-20(23-24(3,4)5,15-13-11-9-7-2)19-16-18(22)17-21-19/h18-19,21-22H,6-17H2,1-5H3/t18-,19+/m1/s1. The first kappa shape index (κ1) is 22.1. The minimum absolute atomic E-state index is 0.0660. The second-order valence-corrected chi connectivity index (χ2v) is 13.2. The molecule has 0 aromatic rings. The van der Waals surface area contributed by atoms with Gasteiger partial charge in [-0.2, -0.15) is 0 Å². The lowest BCUT2D eigenvalue weighted by molar-refractivity contribution is 0.00184. The summed E-state index contributed by atoms with van der Waals surface area (Å²) in [5.74, 6) is 0. The van der Waals surface area contributed by atoms with Crippen LogP contribution in [-0.4, -0.2) is 37.7 Å². The summed E-state index contributed by atoms with van der Waals surface area (Å²) in [7, 11) is -1.64. The summed E-state index contributed by atoms with van der Waals surface area (Å²) in [5.41, 5.74) is -0.0660. The Balaban J connectivity index is 2.83. The van der Waals surface area contributed by atoms with Gasteiger partial charge in [-0.1, -0.05) is 65.2 Å². The SMILES string of the molecule is CCCCCCC(CCCCCC)(O[Si](C)(C)C)[C@@H]1C[C@@H](O)CN1. The highest BCUT2D eigenvalue weighted by Crippen LogP contribution is 2.37. The van der Waals surface area contributed by atoms with Crippen LogP contribution in [-0.2, 0) is 4.43 Å². The van der Waals surface area contributed by atoms with Crippen molar-refractivity contribution in [1.82, 2.24) is 5.32 Å². The number of hydrogen-bond donors (Lipinski definition) is 2. The summed E-state index contributed by atoms with van der Waals surface area (Å²) in [6.07, 6.45) is 13.2. The zero-order chi connectivity index (χ0) is 18.1. The molecule has 0 radical (unpaired) electrons. The van der Waals surface area contributed by atoms with E-state index in [4.69, 9.17) is 4.43 Å². The van der Waals surface area contributed by atoms with Gasteiger partial charge >= 0.3 is 0 Å². The number of unbranched alkanes of at least 4 members (excludes halogenated alkanes) is 6. The number of aliphatic hydroxyl groups is 1. The molecule has 0 bridgehead atoms. The van der Waals surface area contributed by atoms with Gasteiger partial charge in [0.1, 0.15) is 0 Å². The second kappa shape index (κ2) is 10.9. The third kappa shape index (κ3) is 7.98. The summed E-state index contributed by atoms with van der Waals surface area (Å²) in [6, 6.07) is 0.322. The Morgan fingerprint density at radius 3 is 1.88 bits per heavy atom. The fourth-order valence-corrected chi connectivity index (χ4v) is 5.64. The Hall–Kier alpha value is 0.0969. The van der Waals surface area contributed by atoms with E-state index in [0.717, 1.165) is 25.8 Å². The van der Waals surface area contributed by atoms with Crippen molar-refractivity contribution in [2.45, 2.75) is 122 Å². The number of nitrogens with one attached hydrogen (secondary N) is 1. The van der Waals surface area contributed by atoms with Crippen LogP contribution in [0.5, 0.6) is 0 Å². The Labute approximate surface area is 152 Å². The first-order valence-corrected chi connectivity index (χ1v) is 13.9. The van der Waals surface area contributed by atoms with Crippen LogP contribution in [0.25, 0.3) is 0 Å². The quantitative estimate of drug-likeness (QED) is 0.350. The van der Waals surface area contributed by atoms with Crippen molar-refractivity contribution in [2.24, 2.45) is 0 Å². The lowest BCUT2D eigenvalue weighted by Crippen LogP contribution is -2.54. The van der Waals surface area contributed by atoms with Crippen molar-refractivity contribution in [1.29, 1.82) is 0 Å². The van der Waals surface area contributed by atoms with Crippen LogP contribution in [0, 0.1) is 0 Å². The lowest BCUT2D eigenvalue weighted by atomic mass is 9.82. The highest BCUT2D eigenvalue weighted by Gasteiger charge is 2.44. The zero-order valence-corrected chi connectivity index (χ0v) is 18.0. The predicted octanol–water partition coefficient (Wildman–Crippen LogP) is 5.24. The fourth-order valence-electron chi connectivity index (χ4n) is 4.08. The van der Waals surface area contributed by atoms with Gasteiger partial charge in [0.15, 0.2) is 8.32 Å². The van der Waals surface area contributed by atoms with Crippen LogP contribution < -0.4 is 5.32 Å². The third-order valence-corrected chi connectivity index (χ3v) is 6.18. The first-order chi connectivity index (χ1) is 11.3. The maximum atomic E-state index is 10.1. The van der Waals surface area contributed by atoms with Crippen molar-refractivity contribution in [3.05, 3.63) is 0 Å². The topological polar surface area (TPSA) is 41.5 Å². The van der Waals surface area contributed by atoms with Gasteiger partial charge in [-0.15, -0.1) is 0 Å².